The molecule has 1 aliphatic heterocycles. The highest BCUT2D eigenvalue weighted by atomic mass is 16.3. The topological polar surface area (TPSA) is 61.4 Å². The van der Waals surface area contributed by atoms with Crippen LogP contribution in [0.4, 0.5) is 0 Å². The monoisotopic (exact) mass is 242 g/mol. The van der Waals surface area contributed by atoms with Gasteiger partial charge in [-0.1, -0.05) is 20.8 Å². The smallest absolute Gasteiger partial charge is 0.227 e. The van der Waals surface area contributed by atoms with Crippen LogP contribution in [0.5, 0.6) is 0 Å². The summed E-state index contributed by atoms with van der Waals surface area (Å²) in [5.74, 6) is 0.268. The summed E-state index contributed by atoms with van der Waals surface area (Å²) in [4.78, 5) is 12.2. The number of carbonyl (C=O) groups excluding carboxylic acids is 1. The highest BCUT2D eigenvalue weighted by molar-refractivity contribution is 5.83. The number of piperidine rings is 1. The fraction of sp³-hybridized carbons (Fsp3) is 0.923. The van der Waals surface area contributed by atoms with Crippen LogP contribution in [-0.2, 0) is 4.79 Å². The lowest BCUT2D eigenvalue weighted by Crippen LogP contribution is -2.51. The molecule has 2 atom stereocenters. The van der Waals surface area contributed by atoms with Gasteiger partial charge in [0.2, 0.25) is 5.91 Å². The van der Waals surface area contributed by atoms with Crippen molar-refractivity contribution in [1.82, 2.24) is 10.6 Å². The van der Waals surface area contributed by atoms with Gasteiger partial charge < -0.3 is 15.7 Å². The fourth-order valence-electron chi connectivity index (χ4n) is 2.24. The van der Waals surface area contributed by atoms with Crippen molar-refractivity contribution in [3.05, 3.63) is 0 Å². The van der Waals surface area contributed by atoms with Crippen molar-refractivity contribution in [3.63, 3.8) is 0 Å². The molecule has 2 unspecified atom stereocenters. The Morgan fingerprint density at radius 1 is 1.53 bits per heavy atom. The lowest BCUT2D eigenvalue weighted by atomic mass is 9.77. The van der Waals surface area contributed by atoms with Crippen LogP contribution in [0.15, 0.2) is 0 Å². The standard InChI is InChI=1S/C13H26N2O2/c1-4-13(6-5-7-14-9-13)12(17)15-8-11(16)10(2)3/h10-11,14,16H,4-9H2,1-3H3,(H,15,17). The molecule has 1 aliphatic rings. The van der Waals surface area contributed by atoms with E-state index in [1.54, 1.807) is 0 Å². The van der Waals surface area contributed by atoms with Crippen LogP contribution in [0, 0.1) is 11.3 Å². The summed E-state index contributed by atoms with van der Waals surface area (Å²) >= 11 is 0. The largest absolute Gasteiger partial charge is 0.391 e. The normalized spacial score (nSPS) is 26.9. The molecule has 0 saturated carbocycles. The highest BCUT2D eigenvalue weighted by Gasteiger charge is 2.37. The van der Waals surface area contributed by atoms with Crippen molar-refractivity contribution in [2.24, 2.45) is 11.3 Å². The molecule has 1 rings (SSSR count). The van der Waals surface area contributed by atoms with Gasteiger partial charge in [0.15, 0.2) is 0 Å². The first-order valence-corrected chi connectivity index (χ1v) is 6.69. The second-order valence-electron chi connectivity index (χ2n) is 5.44. The van der Waals surface area contributed by atoms with E-state index in [1.165, 1.54) is 0 Å². The highest BCUT2D eigenvalue weighted by Crippen LogP contribution is 2.30. The molecule has 0 radical (unpaired) electrons. The predicted octanol–water partition coefficient (Wildman–Crippen LogP) is 0.899. The lowest BCUT2D eigenvalue weighted by Gasteiger charge is -2.35. The van der Waals surface area contributed by atoms with E-state index in [9.17, 15) is 9.90 Å². The zero-order chi connectivity index (χ0) is 12.9. The average molecular weight is 242 g/mol. The van der Waals surface area contributed by atoms with Gasteiger partial charge in [-0.05, 0) is 31.7 Å². The van der Waals surface area contributed by atoms with E-state index in [0.29, 0.717) is 6.54 Å². The van der Waals surface area contributed by atoms with Crippen LogP contribution in [-0.4, -0.2) is 36.8 Å². The molecule has 4 nitrogen and oxygen atoms in total. The van der Waals surface area contributed by atoms with Gasteiger partial charge in [0.1, 0.15) is 0 Å². The molecule has 0 aromatic rings. The Labute approximate surface area is 104 Å². The van der Waals surface area contributed by atoms with Crippen molar-refractivity contribution in [3.8, 4) is 0 Å². The van der Waals surface area contributed by atoms with Crippen molar-refractivity contribution < 1.29 is 9.90 Å². The van der Waals surface area contributed by atoms with E-state index in [0.717, 1.165) is 32.4 Å². The Morgan fingerprint density at radius 3 is 2.71 bits per heavy atom. The molecule has 1 fully saturated rings. The summed E-state index contributed by atoms with van der Waals surface area (Å²) in [7, 11) is 0. The number of carbonyl (C=O) groups is 1. The number of nitrogens with one attached hydrogen (secondary N) is 2. The predicted molar refractivity (Wildman–Crippen MR) is 68.7 cm³/mol. The van der Waals surface area contributed by atoms with Crippen molar-refractivity contribution >= 4 is 5.91 Å². The molecular weight excluding hydrogens is 216 g/mol. The van der Waals surface area contributed by atoms with Crippen LogP contribution in [0.1, 0.15) is 40.0 Å². The molecule has 100 valence electrons. The minimum atomic E-state index is -0.454. The number of hydrogen-bond donors (Lipinski definition) is 3. The number of amides is 1. The van der Waals surface area contributed by atoms with Gasteiger partial charge in [-0.15, -0.1) is 0 Å². The molecule has 17 heavy (non-hydrogen) atoms. The third-order valence-corrected chi connectivity index (χ3v) is 3.87. The third kappa shape index (κ3) is 3.68. The van der Waals surface area contributed by atoms with Crippen molar-refractivity contribution in [1.29, 1.82) is 0 Å². The second kappa shape index (κ2) is 6.36. The Kier molecular flexibility index (Phi) is 5.40. The van der Waals surface area contributed by atoms with Crippen LogP contribution in [0.25, 0.3) is 0 Å². The first-order chi connectivity index (χ1) is 8.02. The maximum atomic E-state index is 12.2. The van der Waals surface area contributed by atoms with Crippen molar-refractivity contribution in [2.75, 3.05) is 19.6 Å². The van der Waals surface area contributed by atoms with Gasteiger partial charge in [-0.25, -0.2) is 0 Å². The first kappa shape index (κ1) is 14.5. The Balaban J connectivity index is 2.49. The van der Waals surface area contributed by atoms with Crippen LogP contribution < -0.4 is 10.6 Å². The second-order valence-corrected chi connectivity index (χ2v) is 5.44. The van der Waals surface area contributed by atoms with E-state index >= 15 is 0 Å². The van der Waals surface area contributed by atoms with Gasteiger partial charge in [0.25, 0.3) is 0 Å². The van der Waals surface area contributed by atoms with E-state index in [4.69, 9.17) is 0 Å². The Hall–Kier alpha value is -0.610. The zero-order valence-corrected chi connectivity index (χ0v) is 11.3. The van der Waals surface area contributed by atoms with Gasteiger partial charge >= 0.3 is 0 Å². The molecule has 4 heteroatoms. The molecule has 1 saturated heterocycles. The van der Waals surface area contributed by atoms with Crippen molar-refractivity contribution in [2.45, 2.75) is 46.1 Å². The Bertz CT molecular complexity index is 248. The van der Waals surface area contributed by atoms with E-state index in [2.05, 4.69) is 17.6 Å². The summed E-state index contributed by atoms with van der Waals surface area (Å²) in [6, 6.07) is 0. The summed E-state index contributed by atoms with van der Waals surface area (Å²) in [6.45, 7) is 8.09. The van der Waals surface area contributed by atoms with Gasteiger partial charge in [-0.3, -0.25) is 4.79 Å². The number of aliphatic hydroxyl groups is 1. The summed E-state index contributed by atoms with van der Waals surface area (Å²) in [5.41, 5.74) is -0.269. The number of hydrogen-bond acceptors (Lipinski definition) is 3. The minimum Gasteiger partial charge on any atom is -0.391 e. The molecule has 0 aromatic carbocycles. The number of aliphatic hydroxyl groups excluding tert-OH is 1. The summed E-state index contributed by atoms with van der Waals surface area (Å²) in [6.07, 6.45) is 2.39. The molecule has 0 bridgehead atoms. The third-order valence-electron chi connectivity index (χ3n) is 3.87. The maximum Gasteiger partial charge on any atom is 0.227 e. The van der Waals surface area contributed by atoms with Crippen LogP contribution in [0.2, 0.25) is 0 Å². The molecule has 1 heterocycles. The molecule has 0 aliphatic carbocycles. The molecule has 0 aromatic heterocycles. The maximum absolute atomic E-state index is 12.2. The average Bonchev–Trinajstić information content (AvgIpc) is 2.36. The van der Waals surface area contributed by atoms with E-state index in [1.807, 2.05) is 13.8 Å². The Morgan fingerprint density at radius 2 is 2.24 bits per heavy atom. The molecule has 3 N–H and O–H groups in total. The fourth-order valence-corrected chi connectivity index (χ4v) is 2.24. The number of rotatable bonds is 5. The molecule has 0 spiro atoms. The van der Waals surface area contributed by atoms with Crippen LogP contribution >= 0.6 is 0 Å². The lowest BCUT2D eigenvalue weighted by molar-refractivity contribution is -0.133. The van der Waals surface area contributed by atoms with Gasteiger partial charge in [0.05, 0.1) is 11.5 Å². The minimum absolute atomic E-state index is 0.0897. The van der Waals surface area contributed by atoms with Crippen LogP contribution in [0.3, 0.4) is 0 Å². The quantitative estimate of drug-likeness (QED) is 0.671. The summed E-state index contributed by atoms with van der Waals surface area (Å²) < 4.78 is 0. The molecule has 1 amide bonds. The van der Waals surface area contributed by atoms with E-state index in [-0.39, 0.29) is 17.2 Å². The molecular formula is C13H26N2O2. The first-order valence-electron chi connectivity index (χ1n) is 6.69. The SMILES string of the molecule is CCC1(C(=O)NCC(O)C(C)C)CCCNC1. The summed E-state index contributed by atoms with van der Waals surface area (Å²) in [5, 5.41) is 15.9. The van der Waals surface area contributed by atoms with Gasteiger partial charge in [0, 0.05) is 13.1 Å². The zero-order valence-electron chi connectivity index (χ0n) is 11.3. The van der Waals surface area contributed by atoms with Gasteiger partial charge in [-0.2, -0.15) is 0 Å². The van der Waals surface area contributed by atoms with E-state index < -0.39 is 6.10 Å².